The lowest BCUT2D eigenvalue weighted by Crippen LogP contribution is -2.07. The molecule has 0 saturated carbocycles. The Kier molecular flexibility index (Phi) is 6.22. The van der Waals surface area contributed by atoms with Gasteiger partial charge in [0.15, 0.2) is 11.6 Å². The van der Waals surface area contributed by atoms with Gasteiger partial charge < -0.3 is 14.8 Å². The number of aromatic nitrogens is 2. The van der Waals surface area contributed by atoms with Gasteiger partial charge in [-0.2, -0.15) is 4.98 Å². The van der Waals surface area contributed by atoms with Crippen molar-refractivity contribution in [2.24, 2.45) is 0 Å². The first kappa shape index (κ1) is 21.9. The molecule has 3 heterocycles. The summed E-state index contributed by atoms with van der Waals surface area (Å²) in [7, 11) is -2.78. The Labute approximate surface area is 184 Å². The van der Waals surface area contributed by atoms with Crippen LogP contribution in [0.1, 0.15) is 18.4 Å². The van der Waals surface area contributed by atoms with E-state index in [1.54, 1.807) is 12.1 Å². The highest BCUT2D eigenvalue weighted by atomic mass is 32.2. The molecule has 0 unspecified atom stereocenters. The van der Waals surface area contributed by atoms with Crippen LogP contribution in [0.15, 0.2) is 42.6 Å². The molecule has 1 aromatic carbocycles. The molecule has 32 heavy (non-hydrogen) atoms. The zero-order valence-corrected chi connectivity index (χ0v) is 18.2. The van der Waals surface area contributed by atoms with E-state index in [9.17, 15) is 13.0 Å². The third-order valence-electron chi connectivity index (χ3n) is 4.70. The lowest BCUT2D eigenvalue weighted by Gasteiger charge is -2.14. The summed E-state index contributed by atoms with van der Waals surface area (Å²) in [5.74, 6) is -0.0288. The van der Waals surface area contributed by atoms with Crippen LogP contribution in [0.25, 0.3) is 11.1 Å². The van der Waals surface area contributed by atoms with Crippen molar-refractivity contribution in [2.45, 2.75) is 18.6 Å². The molecule has 0 aliphatic carbocycles. The van der Waals surface area contributed by atoms with E-state index in [1.165, 1.54) is 30.5 Å². The standard InChI is InChI=1S/C22H22F2N4O3S/c1-32(25,29)13-14-8-21-27-20-11-16(18(24)12-26-20)15-4-5-17(23)19(10-15)30-6-2-3-7-31-22(9-14)28-21/h4-5,8-12,25H,2-3,6-7,13H2,1H3,(H,26,27,28)/t32-/m1/s1. The minimum absolute atomic E-state index is 0.0366. The molecule has 3 aromatic rings. The number of hydrogen-bond donors (Lipinski definition) is 2. The molecule has 1 aliphatic rings. The maximum Gasteiger partial charge on any atom is 0.215 e. The smallest absolute Gasteiger partial charge is 0.215 e. The van der Waals surface area contributed by atoms with Crippen LogP contribution in [0.2, 0.25) is 0 Å². The van der Waals surface area contributed by atoms with Crippen LogP contribution in [-0.2, 0) is 15.5 Å². The topological polar surface area (TPSA) is 97.2 Å². The lowest BCUT2D eigenvalue weighted by atomic mass is 10.1. The highest BCUT2D eigenvalue weighted by molar-refractivity contribution is 7.90. The van der Waals surface area contributed by atoms with E-state index in [0.717, 1.165) is 6.20 Å². The molecule has 1 atom stereocenters. The second-order valence-corrected chi connectivity index (χ2v) is 9.87. The Morgan fingerprint density at radius 3 is 2.62 bits per heavy atom. The number of hydrogen-bond acceptors (Lipinski definition) is 7. The van der Waals surface area contributed by atoms with Gasteiger partial charge in [0.25, 0.3) is 0 Å². The number of benzene rings is 1. The number of anilines is 2. The second kappa shape index (κ2) is 9.07. The van der Waals surface area contributed by atoms with Crippen LogP contribution in [0.4, 0.5) is 20.4 Å². The molecule has 2 N–H and O–H groups in total. The highest BCUT2D eigenvalue weighted by Gasteiger charge is 2.14. The fourth-order valence-electron chi connectivity index (χ4n) is 3.30. The first-order valence-corrected chi connectivity index (χ1v) is 12.1. The van der Waals surface area contributed by atoms with E-state index >= 15 is 0 Å². The summed E-state index contributed by atoms with van der Waals surface area (Å²) < 4.78 is 59.7. The van der Waals surface area contributed by atoms with E-state index in [4.69, 9.17) is 14.3 Å². The number of nitrogens with one attached hydrogen (secondary N) is 2. The van der Waals surface area contributed by atoms with Gasteiger partial charge in [-0.05, 0) is 48.2 Å². The molecule has 0 radical (unpaired) electrons. The van der Waals surface area contributed by atoms with Gasteiger partial charge in [-0.3, -0.25) is 4.78 Å². The number of fused-ring (bicyclic) bond motifs is 7. The van der Waals surface area contributed by atoms with Crippen LogP contribution in [-0.4, -0.2) is 33.6 Å². The minimum atomic E-state index is -2.78. The fourth-order valence-corrected chi connectivity index (χ4v) is 4.11. The van der Waals surface area contributed by atoms with Crippen molar-refractivity contribution in [3.8, 4) is 22.8 Å². The molecule has 1 aliphatic heterocycles. The monoisotopic (exact) mass is 460 g/mol. The number of ether oxygens (including phenoxy) is 2. The molecule has 4 rings (SSSR count). The van der Waals surface area contributed by atoms with Gasteiger partial charge in [0, 0.05) is 27.6 Å². The van der Waals surface area contributed by atoms with E-state index in [-0.39, 0.29) is 23.7 Å². The van der Waals surface area contributed by atoms with E-state index < -0.39 is 21.4 Å². The van der Waals surface area contributed by atoms with Crippen LogP contribution in [0, 0.1) is 16.4 Å². The van der Waals surface area contributed by atoms with Gasteiger partial charge in [-0.25, -0.2) is 18.0 Å². The van der Waals surface area contributed by atoms with Crippen molar-refractivity contribution in [1.29, 1.82) is 4.78 Å². The summed E-state index contributed by atoms with van der Waals surface area (Å²) in [6.45, 7) is 0.619. The normalized spacial score (nSPS) is 15.6. The molecule has 0 spiro atoms. The summed E-state index contributed by atoms with van der Waals surface area (Å²) in [5, 5.41) is 3.01. The van der Waals surface area contributed by atoms with E-state index in [2.05, 4.69) is 15.3 Å². The molecule has 6 bridgehead atoms. The van der Waals surface area contributed by atoms with E-state index in [1.807, 2.05) is 0 Å². The first-order valence-electron chi connectivity index (χ1n) is 9.97. The van der Waals surface area contributed by atoms with Crippen molar-refractivity contribution >= 4 is 21.4 Å². The molecule has 0 saturated heterocycles. The summed E-state index contributed by atoms with van der Waals surface area (Å²) >= 11 is 0. The third kappa shape index (κ3) is 5.50. The Hall–Kier alpha value is -3.27. The third-order valence-corrected chi connectivity index (χ3v) is 5.59. The molecule has 10 heteroatoms. The van der Waals surface area contributed by atoms with Gasteiger partial charge in [-0.1, -0.05) is 6.07 Å². The molecule has 0 fully saturated rings. The quantitative estimate of drug-likeness (QED) is 0.565. The zero-order chi connectivity index (χ0) is 22.7. The van der Waals surface area contributed by atoms with Crippen LogP contribution in [0.5, 0.6) is 11.6 Å². The van der Waals surface area contributed by atoms with Crippen molar-refractivity contribution in [3.63, 3.8) is 0 Å². The summed E-state index contributed by atoms with van der Waals surface area (Å²) in [6, 6.07) is 8.96. The highest BCUT2D eigenvalue weighted by Crippen LogP contribution is 2.31. The lowest BCUT2D eigenvalue weighted by molar-refractivity contribution is 0.255. The summed E-state index contributed by atoms with van der Waals surface area (Å²) in [4.78, 5) is 8.46. The minimum Gasteiger partial charge on any atom is -0.490 e. The summed E-state index contributed by atoms with van der Waals surface area (Å²) in [5.41, 5.74) is 1.28. The van der Waals surface area contributed by atoms with Gasteiger partial charge in [0.1, 0.15) is 17.5 Å². The molecule has 7 nitrogen and oxygen atoms in total. The Morgan fingerprint density at radius 1 is 1.06 bits per heavy atom. The Balaban J connectivity index is 1.77. The van der Waals surface area contributed by atoms with Gasteiger partial charge in [0.2, 0.25) is 5.88 Å². The predicted octanol–water partition coefficient (Wildman–Crippen LogP) is 4.89. The SMILES string of the molecule is C[S@@](=N)(=O)Cc1cc2nc(c1)OCCCCOc1cc(ccc1F)-c1cc(ncc1F)N2. The van der Waals surface area contributed by atoms with Crippen molar-refractivity contribution in [3.05, 3.63) is 59.8 Å². The van der Waals surface area contributed by atoms with Crippen LogP contribution in [0.3, 0.4) is 0 Å². The largest absolute Gasteiger partial charge is 0.490 e. The number of rotatable bonds is 2. The number of nitrogens with zero attached hydrogens (tertiary/aromatic N) is 2. The summed E-state index contributed by atoms with van der Waals surface area (Å²) in [6.07, 6.45) is 3.67. The molecule has 168 valence electrons. The van der Waals surface area contributed by atoms with Gasteiger partial charge in [0.05, 0.1) is 25.2 Å². The Bertz CT molecular complexity index is 1250. The molecular weight excluding hydrogens is 438 g/mol. The van der Waals surface area contributed by atoms with Gasteiger partial charge >= 0.3 is 0 Å². The average molecular weight is 461 g/mol. The first-order chi connectivity index (χ1) is 15.3. The maximum absolute atomic E-state index is 14.5. The molecule has 2 aromatic heterocycles. The van der Waals surface area contributed by atoms with Crippen molar-refractivity contribution in [1.82, 2.24) is 9.97 Å². The number of pyridine rings is 2. The Morgan fingerprint density at radius 2 is 1.84 bits per heavy atom. The zero-order valence-electron chi connectivity index (χ0n) is 17.4. The van der Waals surface area contributed by atoms with E-state index in [0.29, 0.717) is 48.1 Å². The average Bonchev–Trinajstić information content (AvgIpc) is 2.71. The second-order valence-electron chi connectivity index (χ2n) is 7.57. The predicted molar refractivity (Wildman–Crippen MR) is 118 cm³/mol. The molecule has 0 amide bonds. The fraction of sp³-hybridized carbons (Fsp3) is 0.273. The maximum atomic E-state index is 14.5. The van der Waals surface area contributed by atoms with Gasteiger partial charge in [-0.15, -0.1) is 0 Å². The van der Waals surface area contributed by atoms with Crippen LogP contribution >= 0.6 is 0 Å². The van der Waals surface area contributed by atoms with Crippen molar-refractivity contribution in [2.75, 3.05) is 24.8 Å². The van der Waals surface area contributed by atoms with Crippen LogP contribution < -0.4 is 14.8 Å². The molecular formula is C22H22F2N4O3S. The number of halogens is 2. The van der Waals surface area contributed by atoms with Crippen molar-refractivity contribution < 1.29 is 22.5 Å².